The molecule has 0 unspecified atom stereocenters. The summed E-state index contributed by atoms with van der Waals surface area (Å²) in [5.41, 5.74) is 0.334. The van der Waals surface area contributed by atoms with E-state index in [1.54, 1.807) is 24.4 Å². The largest absolute Gasteiger partial charge is 0.507 e. The average Bonchev–Trinajstić information content (AvgIpc) is 2.28. The fourth-order valence-electron chi connectivity index (χ4n) is 1.87. The maximum Gasteiger partial charge on any atom is 0.190 e. The molecular formula is C15H21NO2. The van der Waals surface area contributed by atoms with Crippen LogP contribution >= 0.6 is 0 Å². The number of phenolic OH excluding ortho intramolecular Hbond substituents is 1. The van der Waals surface area contributed by atoms with Crippen molar-refractivity contribution in [3.8, 4) is 5.75 Å². The van der Waals surface area contributed by atoms with Crippen molar-refractivity contribution in [1.82, 2.24) is 4.90 Å². The summed E-state index contributed by atoms with van der Waals surface area (Å²) in [4.78, 5) is 14.0. The molecule has 3 heteroatoms. The number of hydrogen-bond acceptors (Lipinski definition) is 3. The van der Waals surface area contributed by atoms with Crippen LogP contribution in [0.4, 0.5) is 0 Å². The van der Waals surface area contributed by atoms with Gasteiger partial charge in [-0.1, -0.05) is 12.1 Å². The summed E-state index contributed by atoms with van der Waals surface area (Å²) in [5.74, 6) is -0.160. The third kappa shape index (κ3) is 3.62. The number of nitrogens with zero attached hydrogens (tertiary/aromatic N) is 1. The molecule has 1 N–H and O–H groups in total. The van der Waals surface area contributed by atoms with Gasteiger partial charge in [0.25, 0.3) is 0 Å². The second-order valence-electron chi connectivity index (χ2n) is 4.83. The van der Waals surface area contributed by atoms with E-state index in [-0.39, 0.29) is 11.5 Å². The first kappa shape index (κ1) is 14.3. The van der Waals surface area contributed by atoms with Crippen LogP contribution in [0.3, 0.4) is 0 Å². The van der Waals surface area contributed by atoms with Gasteiger partial charge in [0.05, 0.1) is 5.56 Å². The molecule has 0 aliphatic rings. The molecule has 98 valence electrons. The molecule has 1 rings (SSSR count). The fraction of sp³-hybridized carbons (Fsp3) is 0.400. The summed E-state index contributed by atoms with van der Waals surface area (Å²) >= 11 is 0. The molecule has 0 spiro atoms. The van der Waals surface area contributed by atoms with Crippen molar-refractivity contribution in [1.29, 1.82) is 0 Å². The van der Waals surface area contributed by atoms with E-state index in [1.807, 2.05) is 0 Å². The molecule has 0 radical (unpaired) electrons. The summed E-state index contributed by atoms with van der Waals surface area (Å²) in [5, 5.41) is 9.60. The average molecular weight is 247 g/mol. The number of phenols is 1. The molecule has 0 amide bonds. The van der Waals surface area contributed by atoms with Crippen LogP contribution in [-0.4, -0.2) is 27.9 Å². The Kier molecular flexibility index (Phi) is 4.95. The van der Waals surface area contributed by atoms with Gasteiger partial charge in [0.1, 0.15) is 5.75 Å². The van der Waals surface area contributed by atoms with Gasteiger partial charge in [-0.25, -0.2) is 0 Å². The number of carbonyl (C=O) groups is 1. The Morgan fingerprint density at radius 3 is 2.22 bits per heavy atom. The van der Waals surface area contributed by atoms with Crippen LogP contribution in [0, 0.1) is 0 Å². The Morgan fingerprint density at radius 1 is 1.17 bits per heavy atom. The maximum absolute atomic E-state index is 11.9. The first-order chi connectivity index (χ1) is 8.43. The van der Waals surface area contributed by atoms with Crippen molar-refractivity contribution in [2.75, 3.05) is 0 Å². The van der Waals surface area contributed by atoms with Gasteiger partial charge in [-0.2, -0.15) is 0 Å². The predicted octanol–water partition coefficient (Wildman–Crippen LogP) is 3.21. The summed E-state index contributed by atoms with van der Waals surface area (Å²) in [6.07, 6.45) is 3.30. The standard InChI is InChI=1S/C15H21NO2/c1-11(2)16(12(3)4)10-9-15(18)13-7-5-6-8-14(13)17/h5-12,17H,1-4H3/b10-9+. The Labute approximate surface area is 109 Å². The molecule has 0 saturated heterocycles. The van der Waals surface area contributed by atoms with E-state index in [9.17, 15) is 9.90 Å². The second-order valence-corrected chi connectivity index (χ2v) is 4.83. The first-order valence-corrected chi connectivity index (χ1v) is 6.21. The first-order valence-electron chi connectivity index (χ1n) is 6.21. The number of para-hydroxylation sites is 1. The summed E-state index contributed by atoms with van der Waals surface area (Å²) in [7, 11) is 0. The lowest BCUT2D eigenvalue weighted by Gasteiger charge is -2.29. The van der Waals surface area contributed by atoms with Crippen LogP contribution in [0.1, 0.15) is 38.1 Å². The lowest BCUT2D eigenvalue weighted by atomic mass is 10.1. The van der Waals surface area contributed by atoms with Gasteiger partial charge in [0.15, 0.2) is 5.78 Å². The second kappa shape index (κ2) is 6.24. The van der Waals surface area contributed by atoms with Crippen LogP contribution in [0.5, 0.6) is 5.75 Å². The molecular weight excluding hydrogens is 226 g/mol. The van der Waals surface area contributed by atoms with E-state index in [0.717, 1.165) is 0 Å². The number of ketones is 1. The third-order valence-electron chi connectivity index (χ3n) is 2.76. The molecule has 0 aliphatic carbocycles. The van der Waals surface area contributed by atoms with Gasteiger partial charge in [0.2, 0.25) is 0 Å². The van der Waals surface area contributed by atoms with E-state index in [0.29, 0.717) is 17.6 Å². The quantitative estimate of drug-likeness (QED) is 0.641. The van der Waals surface area contributed by atoms with Crippen LogP contribution < -0.4 is 0 Å². The highest BCUT2D eigenvalue weighted by molar-refractivity contribution is 6.06. The van der Waals surface area contributed by atoms with E-state index < -0.39 is 0 Å². The Balaban J connectivity index is 2.84. The summed E-state index contributed by atoms with van der Waals surface area (Å²) < 4.78 is 0. The van der Waals surface area contributed by atoms with E-state index in [1.165, 1.54) is 12.1 Å². The predicted molar refractivity (Wildman–Crippen MR) is 73.7 cm³/mol. The topological polar surface area (TPSA) is 40.5 Å². The third-order valence-corrected chi connectivity index (χ3v) is 2.76. The highest BCUT2D eigenvalue weighted by Crippen LogP contribution is 2.17. The van der Waals surface area contributed by atoms with Crippen molar-refractivity contribution in [3.63, 3.8) is 0 Å². The lowest BCUT2D eigenvalue weighted by molar-refractivity contribution is 0.104. The SMILES string of the molecule is CC(C)N(/C=C/C(=O)c1ccccc1O)C(C)C. The van der Waals surface area contributed by atoms with E-state index in [2.05, 4.69) is 32.6 Å². The molecule has 0 aromatic heterocycles. The molecule has 0 bridgehead atoms. The molecule has 0 atom stereocenters. The van der Waals surface area contributed by atoms with Crippen molar-refractivity contribution in [3.05, 3.63) is 42.1 Å². The normalized spacial score (nSPS) is 11.4. The molecule has 1 aromatic carbocycles. The van der Waals surface area contributed by atoms with Gasteiger partial charge >= 0.3 is 0 Å². The minimum Gasteiger partial charge on any atom is -0.507 e. The number of hydrogen-bond donors (Lipinski definition) is 1. The lowest BCUT2D eigenvalue weighted by Crippen LogP contribution is -2.32. The zero-order chi connectivity index (χ0) is 13.7. The van der Waals surface area contributed by atoms with Gasteiger partial charge in [-0.05, 0) is 39.8 Å². The molecule has 1 aromatic rings. The van der Waals surface area contributed by atoms with Gasteiger partial charge in [-0.15, -0.1) is 0 Å². The van der Waals surface area contributed by atoms with Crippen LogP contribution in [0.25, 0.3) is 0 Å². The van der Waals surface area contributed by atoms with Crippen LogP contribution in [0.15, 0.2) is 36.5 Å². The smallest absolute Gasteiger partial charge is 0.190 e. The molecule has 0 aliphatic heterocycles. The molecule has 0 fully saturated rings. The van der Waals surface area contributed by atoms with Gasteiger partial charge < -0.3 is 10.0 Å². The number of carbonyl (C=O) groups excluding carboxylic acids is 1. The van der Waals surface area contributed by atoms with Crippen molar-refractivity contribution in [2.45, 2.75) is 39.8 Å². The zero-order valence-electron chi connectivity index (χ0n) is 11.4. The summed E-state index contributed by atoms with van der Waals surface area (Å²) in [6.45, 7) is 8.31. The Bertz CT molecular complexity index is 428. The van der Waals surface area contributed by atoms with Gasteiger partial charge in [0, 0.05) is 24.4 Å². The van der Waals surface area contributed by atoms with Crippen LogP contribution in [0.2, 0.25) is 0 Å². The molecule has 0 heterocycles. The summed E-state index contributed by atoms with van der Waals surface area (Å²) in [6, 6.07) is 7.24. The zero-order valence-corrected chi connectivity index (χ0v) is 11.4. The number of rotatable bonds is 5. The van der Waals surface area contributed by atoms with Crippen molar-refractivity contribution in [2.24, 2.45) is 0 Å². The van der Waals surface area contributed by atoms with Crippen molar-refractivity contribution >= 4 is 5.78 Å². The highest BCUT2D eigenvalue weighted by atomic mass is 16.3. The maximum atomic E-state index is 11.9. The minimum atomic E-state index is -0.181. The highest BCUT2D eigenvalue weighted by Gasteiger charge is 2.10. The molecule has 3 nitrogen and oxygen atoms in total. The fourth-order valence-corrected chi connectivity index (χ4v) is 1.87. The number of benzene rings is 1. The Hall–Kier alpha value is -1.77. The van der Waals surface area contributed by atoms with Crippen LogP contribution in [-0.2, 0) is 0 Å². The molecule has 18 heavy (non-hydrogen) atoms. The Morgan fingerprint density at radius 2 is 1.72 bits per heavy atom. The minimum absolute atomic E-state index is 0.0211. The monoisotopic (exact) mass is 247 g/mol. The number of aromatic hydroxyl groups is 1. The van der Waals surface area contributed by atoms with Gasteiger partial charge in [-0.3, -0.25) is 4.79 Å². The van der Waals surface area contributed by atoms with E-state index >= 15 is 0 Å². The molecule has 0 saturated carbocycles. The van der Waals surface area contributed by atoms with Crippen molar-refractivity contribution < 1.29 is 9.90 Å². The number of allylic oxidation sites excluding steroid dienone is 1. The van der Waals surface area contributed by atoms with E-state index in [4.69, 9.17) is 0 Å².